The van der Waals surface area contributed by atoms with Gasteiger partial charge < -0.3 is 10.2 Å². The lowest BCUT2D eigenvalue weighted by atomic mass is 10.0. The van der Waals surface area contributed by atoms with Gasteiger partial charge in [-0.2, -0.15) is 11.8 Å². The molecule has 1 aromatic heterocycles. The number of amides is 2. The molecule has 1 aromatic carbocycles. The van der Waals surface area contributed by atoms with Crippen LogP contribution in [0.4, 0.5) is 4.79 Å². The smallest absolute Gasteiger partial charge is 0.317 e. The van der Waals surface area contributed by atoms with Gasteiger partial charge in [-0.25, -0.2) is 4.79 Å². The molecule has 0 fully saturated rings. The fourth-order valence-electron chi connectivity index (χ4n) is 2.97. The first-order valence-electron chi connectivity index (χ1n) is 8.27. The number of nitrogens with zero attached hydrogens (tertiary/aromatic N) is 2. The second kappa shape index (κ2) is 7.71. The molecule has 2 aromatic rings. The second-order valence-electron chi connectivity index (χ2n) is 6.07. The van der Waals surface area contributed by atoms with E-state index < -0.39 is 0 Å². The summed E-state index contributed by atoms with van der Waals surface area (Å²) in [4.78, 5) is 18.4. The molecule has 1 N–H and O–H groups in total. The monoisotopic (exact) mass is 341 g/mol. The number of rotatable bonds is 4. The third-order valence-corrected chi connectivity index (χ3v) is 5.86. The maximum atomic E-state index is 12.5. The summed E-state index contributed by atoms with van der Waals surface area (Å²) in [6, 6.07) is 12.4. The van der Waals surface area contributed by atoms with E-state index in [1.807, 2.05) is 44.1 Å². The third-order valence-electron chi connectivity index (χ3n) is 4.60. The Morgan fingerprint density at radius 1 is 1.38 bits per heavy atom. The fourth-order valence-corrected chi connectivity index (χ4v) is 4.21. The molecule has 126 valence electrons. The number of hydrogen-bond donors (Lipinski definition) is 1. The van der Waals surface area contributed by atoms with Crippen molar-refractivity contribution in [2.45, 2.75) is 24.6 Å². The number of thioether (sulfide) groups is 1. The van der Waals surface area contributed by atoms with E-state index in [2.05, 4.69) is 34.6 Å². The molecule has 24 heavy (non-hydrogen) atoms. The van der Waals surface area contributed by atoms with Crippen LogP contribution in [0.3, 0.4) is 0 Å². The van der Waals surface area contributed by atoms with Crippen LogP contribution in [-0.4, -0.2) is 35.3 Å². The first-order chi connectivity index (χ1) is 11.7. The Kier molecular flexibility index (Phi) is 5.41. The molecule has 1 aliphatic heterocycles. The summed E-state index contributed by atoms with van der Waals surface area (Å²) in [5.74, 6) is 1.11. The predicted molar refractivity (Wildman–Crippen MR) is 99.2 cm³/mol. The third kappa shape index (κ3) is 3.73. The molecule has 0 saturated carbocycles. The number of pyridine rings is 1. The number of carbonyl (C=O) groups is 1. The molecule has 0 spiro atoms. The van der Waals surface area contributed by atoms with Crippen LogP contribution in [0.5, 0.6) is 0 Å². The average molecular weight is 341 g/mol. The van der Waals surface area contributed by atoms with E-state index in [0.29, 0.717) is 11.8 Å². The van der Waals surface area contributed by atoms with Gasteiger partial charge in [0.25, 0.3) is 0 Å². The highest BCUT2D eigenvalue weighted by molar-refractivity contribution is 7.99. The maximum Gasteiger partial charge on any atom is 0.317 e. The summed E-state index contributed by atoms with van der Waals surface area (Å²) >= 11 is 1.92. The maximum absolute atomic E-state index is 12.5. The molecular weight excluding hydrogens is 318 g/mol. The zero-order chi connectivity index (χ0) is 16.9. The van der Waals surface area contributed by atoms with Crippen LogP contribution in [0.15, 0.2) is 48.8 Å². The lowest BCUT2D eigenvalue weighted by Gasteiger charge is -2.28. The SMILES string of the molecule is C[C@H](c1cccnc1)N(C)C(=O)NC[C@H]1SCCc2ccccc21. The number of benzene rings is 1. The standard InChI is InChI=1S/C19H23N3OS/c1-14(16-7-5-10-20-12-16)22(2)19(23)21-13-18-17-8-4-3-6-15(17)9-11-24-18/h3-8,10,12,14,18H,9,11,13H2,1-2H3,(H,21,23)/t14-,18-/m1/s1. The molecule has 2 atom stereocenters. The number of fused-ring (bicyclic) bond motifs is 1. The van der Waals surface area contributed by atoms with Crippen LogP contribution in [0, 0.1) is 0 Å². The van der Waals surface area contributed by atoms with Gasteiger partial charge in [0.1, 0.15) is 0 Å². The molecule has 0 unspecified atom stereocenters. The van der Waals surface area contributed by atoms with Gasteiger partial charge in [0, 0.05) is 31.2 Å². The zero-order valence-corrected chi connectivity index (χ0v) is 14.9. The van der Waals surface area contributed by atoms with Gasteiger partial charge in [-0.05, 0) is 41.9 Å². The Bertz CT molecular complexity index is 692. The van der Waals surface area contributed by atoms with E-state index in [0.717, 1.165) is 17.7 Å². The summed E-state index contributed by atoms with van der Waals surface area (Å²) in [5, 5.41) is 3.42. The van der Waals surface area contributed by atoms with Crippen LogP contribution in [0.2, 0.25) is 0 Å². The topological polar surface area (TPSA) is 45.2 Å². The lowest BCUT2D eigenvalue weighted by Crippen LogP contribution is -2.40. The second-order valence-corrected chi connectivity index (χ2v) is 7.38. The Balaban J connectivity index is 1.60. The van der Waals surface area contributed by atoms with E-state index >= 15 is 0 Å². The normalized spacial score (nSPS) is 17.7. The Hall–Kier alpha value is -2.01. The first-order valence-corrected chi connectivity index (χ1v) is 9.31. The highest BCUT2D eigenvalue weighted by Crippen LogP contribution is 2.36. The minimum absolute atomic E-state index is 0.00926. The number of hydrogen-bond acceptors (Lipinski definition) is 3. The van der Waals surface area contributed by atoms with Gasteiger partial charge >= 0.3 is 6.03 Å². The number of urea groups is 1. The van der Waals surface area contributed by atoms with Crippen molar-refractivity contribution in [2.75, 3.05) is 19.3 Å². The van der Waals surface area contributed by atoms with Gasteiger partial charge in [-0.1, -0.05) is 30.3 Å². The molecule has 2 heterocycles. The predicted octanol–water partition coefficient (Wildman–Crippen LogP) is 3.81. The molecule has 3 rings (SSSR count). The minimum Gasteiger partial charge on any atom is -0.337 e. The van der Waals surface area contributed by atoms with E-state index in [-0.39, 0.29) is 12.1 Å². The van der Waals surface area contributed by atoms with Crippen molar-refractivity contribution in [2.24, 2.45) is 0 Å². The number of carbonyl (C=O) groups excluding carboxylic acids is 1. The van der Waals surface area contributed by atoms with Crippen LogP contribution >= 0.6 is 11.8 Å². The Morgan fingerprint density at radius 3 is 3.00 bits per heavy atom. The molecule has 0 saturated heterocycles. The van der Waals surface area contributed by atoms with Gasteiger partial charge in [0.2, 0.25) is 0 Å². The zero-order valence-electron chi connectivity index (χ0n) is 14.1. The largest absolute Gasteiger partial charge is 0.337 e. The highest BCUT2D eigenvalue weighted by atomic mass is 32.2. The first kappa shape index (κ1) is 16.8. The number of nitrogens with one attached hydrogen (secondary N) is 1. The molecule has 1 aliphatic rings. The number of aromatic nitrogens is 1. The van der Waals surface area contributed by atoms with Crippen molar-refractivity contribution in [3.63, 3.8) is 0 Å². The molecule has 5 heteroatoms. The summed E-state index contributed by atoms with van der Waals surface area (Å²) in [6.07, 6.45) is 4.67. The number of aryl methyl sites for hydroxylation is 1. The summed E-state index contributed by atoms with van der Waals surface area (Å²) in [6.45, 7) is 2.67. The fraction of sp³-hybridized carbons (Fsp3) is 0.368. The van der Waals surface area contributed by atoms with Crippen LogP contribution < -0.4 is 5.32 Å². The molecule has 0 radical (unpaired) electrons. The molecule has 0 bridgehead atoms. The van der Waals surface area contributed by atoms with E-state index in [4.69, 9.17) is 0 Å². The lowest BCUT2D eigenvalue weighted by molar-refractivity contribution is 0.194. The van der Waals surface area contributed by atoms with Crippen molar-refractivity contribution in [3.8, 4) is 0 Å². The quantitative estimate of drug-likeness (QED) is 0.920. The molecule has 2 amide bonds. The van der Waals surface area contributed by atoms with Crippen molar-refractivity contribution in [1.82, 2.24) is 15.2 Å². The van der Waals surface area contributed by atoms with Crippen molar-refractivity contribution >= 4 is 17.8 Å². The highest BCUT2D eigenvalue weighted by Gasteiger charge is 2.23. The average Bonchev–Trinajstić information content (AvgIpc) is 2.65. The molecule has 0 aliphatic carbocycles. The van der Waals surface area contributed by atoms with E-state index in [1.54, 1.807) is 11.1 Å². The van der Waals surface area contributed by atoms with Gasteiger partial charge in [0.15, 0.2) is 0 Å². The summed E-state index contributed by atoms with van der Waals surface area (Å²) in [7, 11) is 1.83. The van der Waals surface area contributed by atoms with Gasteiger partial charge in [0.05, 0.1) is 6.04 Å². The van der Waals surface area contributed by atoms with E-state index in [9.17, 15) is 4.79 Å². The summed E-state index contributed by atoms with van der Waals surface area (Å²) < 4.78 is 0. The van der Waals surface area contributed by atoms with Crippen LogP contribution in [-0.2, 0) is 6.42 Å². The Morgan fingerprint density at radius 2 is 2.21 bits per heavy atom. The van der Waals surface area contributed by atoms with Crippen LogP contribution in [0.25, 0.3) is 0 Å². The molecular formula is C19H23N3OS. The van der Waals surface area contributed by atoms with Gasteiger partial charge in [-0.15, -0.1) is 0 Å². The van der Waals surface area contributed by atoms with Gasteiger partial charge in [-0.3, -0.25) is 4.98 Å². The summed E-state index contributed by atoms with van der Waals surface area (Å²) in [5.41, 5.74) is 3.80. The minimum atomic E-state index is -0.0463. The van der Waals surface area contributed by atoms with Crippen LogP contribution in [0.1, 0.15) is 34.9 Å². The molecule has 4 nitrogen and oxygen atoms in total. The van der Waals surface area contributed by atoms with Crippen molar-refractivity contribution in [1.29, 1.82) is 0 Å². The van der Waals surface area contributed by atoms with Crippen molar-refractivity contribution < 1.29 is 4.79 Å². The Labute approximate surface area is 147 Å². The van der Waals surface area contributed by atoms with E-state index in [1.165, 1.54) is 11.1 Å². The van der Waals surface area contributed by atoms with Crippen molar-refractivity contribution in [3.05, 3.63) is 65.5 Å².